The fourth-order valence-corrected chi connectivity index (χ4v) is 2.69. The summed E-state index contributed by atoms with van der Waals surface area (Å²) < 4.78 is 0. The van der Waals surface area contributed by atoms with E-state index in [1.807, 2.05) is 19.1 Å². The Morgan fingerprint density at radius 2 is 1.92 bits per heavy atom. The molecule has 4 amide bonds. The average molecular weight is 352 g/mol. The van der Waals surface area contributed by atoms with Crippen LogP contribution in [-0.4, -0.2) is 34.8 Å². The number of imide groups is 1. The fraction of sp³-hybridized carbons (Fsp3) is 0.471. The first-order chi connectivity index (χ1) is 11.2. The zero-order chi connectivity index (χ0) is 17.9. The van der Waals surface area contributed by atoms with Crippen LogP contribution in [0.25, 0.3) is 0 Å². The van der Waals surface area contributed by atoms with Crippen LogP contribution in [0.5, 0.6) is 0 Å². The van der Waals surface area contributed by atoms with Crippen LogP contribution in [-0.2, 0) is 9.59 Å². The van der Waals surface area contributed by atoms with Gasteiger partial charge in [-0.05, 0) is 44.9 Å². The summed E-state index contributed by atoms with van der Waals surface area (Å²) in [6, 6.07) is 6.74. The van der Waals surface area contributed by atoms with Crippen LogP contribution in [0.1, 0.15) is 45.2 Å². The van der Waals surface area contributed by atoms with Crippen LogP contribution in [0.15, 0.2) is 24.3 Å². The van der Waals surface area contributed by atoms with Gasteiger partial charge in [-0.1, -0.05) is 23.7 Å². The zero-order valence-corrected chi connectivity index (χ0v) is 14.8. The van der Waals surface area contributed by atoms with E-state index in [1.165, 1.54) is 0 Å². The summed E-state index contributed by atoms with van der Waals surface area (Å²) in [6.45, 7) is 5.44. The Bertz CT molecular complexity index is 643. The van der Waals surface area contributed by atoms with Crippen LogP contribution in [0.2, 0.25) is 5.02 Å². The van der Waals surface area contributed by atoms with Gasteiger partial charge in [0.25, 0.3) is 5.91 Å². The van der Waals surface area contributed by atoms with Crippen LogP contribution in [0.3, 0.4) is 0 Å². The molecule has 1 heterocycles. The first-order valence-corrected chi connectivity index (χ1v) is 8.27. The van der Waals surface area contributed by atoms with Crippen LogP contribution < -0.4 is 10.6 Å². The van der Waals surface area contributed by atoms with Crippen molar-refractivity contribution in [2.24, 2.45) is 0 Å². The highest BCUT2D eigenvalue weighted by Gasteiger charge is 2.43. The summed E-state index contributed by atoms with van der Waals surface area (Å²) in [5.74, 6) is -0.383. The number of urea groups is 1. The smallest absolute Gasteiger partial charge is 0.325 e. The van der Waals surface area contributed by atoms with E-state index in [2.05, 4.69) is 10.6 Å². The van der Waals surface area contributed by atoms with Gasteiger partial charge in [-0.2, -0.15) is 0 Å². The molecule has 1 aliphatic rings. The maximum atomic E-state index is 12.0. The van der Waals surface area contributed by atoms with Gasteiger partial charge in [-0.25, -0.2) is 4.79 Å². The normalized spacial score (nSPS) is 17.6. The molecule has 7 heteroatoms. The monoisotopic (exact) mass is 351 g/mol. The van der Waals surface area contributed by atoms with E-state index in [0.717, 1.165) is 10.5 Å². The summed E-state index contributed by atoms with van der Waals surface area (Å²) in [4.78, 5) is 37.0. The summed E-state index contributed by atoms with van der Waals surface area (Å²) >= 11 is 5.84. The van der Waals surface area contributed by atoms with E-state index < -0.39 is 11.6 Å². The summed E-state index contributed by atoms with van der Waals surface area (Å²) in [7, 11) is 0. The second kappa shape index (κ2) is 7.21. The lowest BCUT2D eigenvalue weighted by molar-refractivity contribution is -0.130. The topological polar surface area (TPSA) is 78.5 Å². The van der Waals surface area contributed by atoms with Gasteiger partial charge >= 0.3 is 6.03 Å². The van der Waals surface area contributed by atoms with Gasteiger partial charge < -0.3 is 10.6 Å². The molecule has 0 radical (unpaired) electrons. The standard InChI is InChI=1S/C17H22ClN3O3/c1-11(12-6-8-13(18)9-7-12)19-14(22)5-4-10-21-15(23)17(2,3)20-16(21)24/h6-9,11H,4-5,10H2,1-3H3,(H,19,22)(H,20,24). The van der Waals surface area contributed by atoms with Gasteiger partial charge in [0.15, 0.2) is 0 Å². The third-order valence-corrected chi connectivity index (χ3v) is 4.23. The summed E-state index contributed by atoms with van der Waals surface area (Å²) in [6.07, 6.45) is 0.670. The van der Waals surface area contributed by atoms with Crippen molar-refractivity contribution in [2.75, 3.05) is 6.54 Å². The number of rotatable bonds is 6. The molecular weight excluding hydrogens is 330 g/mol. The lowest BCUT2D eigenvalue weighted by atomic mass is 10.1. The molecule has 0 aliphatic carbocycles. The van der Waals surface area contributed by atoms with E-state index in [0.29, 0.717) is 11.4 Å². The molecule has 130 valence electrons. The average Bonchev–Trinajstić information content (AvgIpc) is 2.69. The molecule has 0 aromatic heterocycles. The van der Waals surface area contributed by atoms with Crippen LogP contribution >= 0.6 is 11.6 Å². The molecule has 1 aromatic carbocycles. The van der Waals surface area contributed by atoms with Gasteiger partial charge in [0, 0.05) is 18.0 Å². The Hall–Kier alpha value is -2.08. The number of hydrogen-bond acceptors (Lipinski definition) is 3. The van der Waals surface area contributed by atoms with Gasteiger partial charge in [0.2, 0.25) is 5.91 Å². The minimum Gasteiger partial charge on any atom is -0.350 e. The predicted octanol–water partition coefficient (Wildman–Crippen LogP) is 2.63. The fourth-order valence-electron chi connectivity index (χ4n) is 2.57. The SMILES string of the molecule is CC(NC(=O)CCCN1C(=O)NC(C)(C)C1=O)c1ccc(Cl)cc1. The van der Waals surface area contributed by atoms with Gasteiger partial charge in [-0.3, -0.25) is 14.5 Å². The van der Waals surface area contributed by atoms with Gasteiger partial charge in [-0.15, -0.1) is 0 Å². The third kappa shape index (κ3) is 4.26. The second-order valence-electron chi connectivity index (χ2n) is 6.46. The Balaban J connectivity index is 1.78. The Labute approximate surface area is 146 Å². The second-order valence-corrected chi connectivity index (χ2v) is 6.89. The quantitative estimate of drug-likeness (QED) is 0.773. The number of carbonyl (C=O) groups is 3. The van der Waals surface area contributed by atoms with E-state index in [1.54, 1.807) is 26.0 Å². The maximum Gasteiger partial charge on any atom is 0.325 e. The number of halogens is 1. The minimum absolute atomic E-state index is 0.122. The highest BCUT2D eigenvalue weighted by atomic mass is 35.5. The van der Waals surface area contributed by atoms with Crippen molar-refractivity contribution in [3.63, 3.8) is 0 Å². The Morgan fingerprint density at radius 3 is 2.46 bits per heavy atom. The van der Waals surface area contributed by atoms with Crippen molar-refractivity contribution >= 4 is 29.4 Å². The summed E-state index contributed by atoms with van der Waals surface area (Å²) in [5, 5.41) is 6.16. The molecule has 1 unspecified atom stereocenters. The Morgan fingerprint density at radius 1 is 1.29 bits per heavy atom. The number of amides is 4. The van der Waals surface area contributed by atoms with Crippen molar-refractivity contribution in [2.45, 2.75) is 45.2 Å². The van der Waals surface area contributed by atoms with Gasteiger partial charge in [0.05, 0.1) is 6.04 Å². The van der Waals surface area contributed by atoms with E-state index in [4.69, 9.17) is 11.6 Å². The van der Waals surface area contributed by atoms with Gasteiger partial charge in [0.1, 0.15) is 5.54 Å². The molecule has 0 saturated carbocycles. The predicted molar refractivity (Wildman–Crippen MR) is 91.6 cm³/mol. The van der Waals surface area contributed by atoms with E-state index in [9.17, 15) is 14.4 Å². The van der Waals surface area contributed by atoms with Crippen molar-refractivity contribution < 1.29 is 14.4 Å². The molecule has 24 heavy (non-hydrogen) atoms. The maximum absolute atomic E-state index is 12.0. The highest BCUT2D eigenvalue weighted by Crippen LogP contribution is 2.18. The first-order valence-electron chi connectivity index (χ1n) is 7.89. The lowest BCUT2D eigenvalue weighted by Crippen LogP contribution is -2.40. The molecule has 1 fully saturated rings. The van der Waals surface area contributed by atoms with Crippen molar-refractivity contribution in [1.29, 1.82) is 0 Å². The molecule has 1 saturated heterocycles. The highest BCUT2D eigenvalue weighted by molar-refractivity contribution is 6.30. The number of benzene rings is 1. The third-order valence-electron chi connectivity index (χ3n) is 3.98. The Kier molecular flexibility index (Phi) is 5.49. The molecule has 6 nitrogen and oxygen atoms in total. The molecule has 1 atom stereocenters. The molecule has 1 aromatic rings. The molecule has 0 bridgehead atoms. The molecule has 0 spiro atoms. The van der Waals surface area contributed by atoms with E-state index in [-0.39, 0.29) is 30.8 Å². The first kappa shape index (κ1) is 18.3. The van der Waals surface area contributed by atoms with Crippen molar-refractivity contribution in [3.05, 3.63) is 34.9 Å². The molecule has 2 rings (SSSR count). The molecule has 1 aliphatic heterocycles. The van der Waals surface area contributed by atoms with Crippen molar-refractivity contribution in [3.8, 4) is 0 Å². The van der Waals surface area contributed by atoms with Crippen LogP contribution in [0, 0.1) is 0 Å². The number of hydrogen-bond donors (Lipinski definition) is 2. The summed E-state index contributed by atoms with van der Waals surface area (Å²) in [5.41, 5.74) is 0.0891. The lowest BCUT2D eigenvalue weighted by Gasteiger charge is -2.17. The van der Waals surface area contributed by atoms with Crippen LogP contribution in [0.4, 0.5) is 4.79 Å². The van der Waals surface area contributed by atoms with Crippen molar-refractivity contribution in [1.82, 2.24) is 15.5 Å². The van der Waals surface area contributed by atoms with E-state index >= 15 is 0 Å². The minimum atomic E-state index is -0.873. The molecule has 2 N–H and O–H groups in total. The number of carbonyl (C=O) groups excluding carboxylic acids is 3. The molecular formula is C17H22ClN3O3. The number of nitrogens with zero attached hydrogens (tertiary/aromatic N) is 1. The number of nitrogens with one attached hydrogen (secondary N) is 2. The zero-order valence-electron chi connectivity index (χ0n) is 14.1. The largest absolute Gasteiger partial charge is 0.350 e.